The van der Waals surface area contributed by atoms with E-state index in [4.69, 9.17) is 4.74 Å². The van der Waals surface area contributed by atoms with Gasteiger partial charge in [0, 0.05) is 30.6 Å². The van der Waals surface area contributed by atoms with Crippen LogP contribution >= 0.6 is 0 Å². The molecule has 0 bridgehead atoms. The lowest BCUT2D eigenvalue weighted by molar-refractivity contribution is -0.139. The molecule has 1 saturated carbocycles. The van der Waals surface area contributed by atoms with Crippen molar-refractivity contribution in [3.05, 3.63) is 41.5 Å². The first kappa shape index (κ1) is 24.7. The predicted molar refractivity (Wildman–Crippen MR) is 129 cm³/mol. The largest absolute Gasteiger partial charge is 0.486 e. The van der Waals surface area contributed by atoms with Gasteiger partial charge in [-0.2, -0.15) is 0 Å². The third-order valence-electron chi connectivity index (χ3n) is 7.32. The predicted octanol–water partition coefficient (Wildman–Crippen LogP) is 2.76. The number of nitrogens with zero attached hydrogens (tertiary/aromatic N) is 1. The first-order valence-corrected chi connectivity index (χ1v) is 12.7. The maximum atomic E-state index is 13.4. The number of benzene rings is 1. The molecule has 0 radical (unpaired) electrons. The summed E-state index contributed by atoms with van der Waals surface area (Å²) in [4.78, 5) is 28.4. The lowest BCUT2D eigenvalue weighted by Gasteiger charge is -2.42. The fourth-order valence-corrected chi connectivity index (χ4v) is 5.70. The van der Waals surface area contributed by atoms with E-state index in [1.54, 1.807) is 6.08 Å². The Morgan fingerprint density at radius 2 is 1.91 bits per heavy atom. The van der Waals surface area contributed by atoms with Gasteiger partial charge in [-0.15, -0.1) is 0 Å². The van der Waals surface area contributed by atoms with Crippen molar-refractivity contribution < 1.29 is 24.5 Å². The zero-order chi connectivity index (χ0) is 24.2. The topological polar surface area (TPSA) is 99.1 Å². The van der Waals surface area contributed by atoms with Gasteiger partial charge >= 0.3 is 0 Å². The maximum absolute atomic E-state index is 13.4. The van der Waals surface area contributed by atoms with E-state index in [-0.39, 0.29) is 30.9 Å². The van der Waals surface area contributed by atoms with Crippen molar-refractivity contribution in [1.82, 2.24) is 10.2 Å². The third-order valence-corrected chi connectivity index (χ3v) is 7.32. The molecule has 1 heterocycles. The van der Waals surface area contributed by atoms with Gasteiger partial charge in [0.25, 0.3) is 0 Å². The van der Waals surface area contributed by atoms with Gasteiger partial charge in [0.1, 0.15) is 18.0 Å². The highest BCUT2D eigenvalue weighted by Gasteiger charge is 2.50. The molecule has 4 rings (SSSR count). The second-order valence-corrected chi connectivity index (χ2v) is 10.3. The normalized spacial score (nSPS) is 26.3. The molecular formula is C27H38N2O5. The van der Waals surface area contributed by atoms with Crippen LogP contribution in [0.3, 0.4) is 0 Å². The van der Waals surface area contributed by atoms with E-state index < -0.39 is 24.2 Å². The summed E-state index contributed by atoms with van der Waals surface area (Å²) in [5, 5.41) is 23.5. The Balaban J connectivity index is 1.70. The fraction of sp³-hybridized carbons (Fsp3) is 0.630. The van der Waals surface area contributed by atoms with Gasteiger partial charge in [0.15, 0.2) is 0 Å². The highest BCUT2D eigenvalue weighted by atomic mass is 16.5. The van der Waals surface area contributed by atoms with E-state index in [0.29, 0.717) is 30.2 Å². The maximum Gasteiger partial charge on any atom is 0.247 e. The van der Waals surface area contributed by atoms with Crippen LogP contribution in [0.25, 0.3) is 0 Å². The number of carbonyl (C=O) groups is 2. The number of nitrogens with one attached hydrogen (secondary N) is 1. The monoisotopic (exact) mass is 470 g/mol. The molecule has 7 nitrogen and oxygen atoms in total. The quantitative estimate of drug-likeness (QED) is 0.543. The molecule has 186 valence electrons. The van der Waals surface area contributed by atoms with E-state index in [9.17, 15) is 19.8 Å². The molecular weight excluding hydrogens is 432 g/mol. The van der Waals surface area contributed by atoms with Crippen LogP contribution in [0.1, 0.15) is 63.9 Å². The summed E-state index contributed by atoms with van der Waals surface area (Å²) in [6.45, 7) is 4.60. The van der Waals surface area contributed by atoms with Gasteiger partial charge in [0.05, 0.1) is 18.6 Å². The first-order valence-electron chi connectivity index (χ1n) is 12.7. The van der Waals surface area contributed by atoms with E-state index in [1.165, 1.54) is 6.42 Å². The minimum absolute atomic E-state index is 0.00458. The van der Waals surface area contributed by atoms with Crippen molar-refractivity contribution in [2.24, 2.45) is 11.8 Å². The van der Waals surface area contributed by atoms with Gasteiger partial charge in [0.2, 0.25) is 11.8 Å². The summed E-state index contributed by atoms with van der Waals surface area (Å²) in [5.74, 6) is 0.540. The van der Waals surface area contributed by atoms with E-state index in [0.717, 1.165) is 31.2 Å². The summed E-state index contributed by atoms with van der Waals surface area (Å²) in [5.41, 5.74) is 1.35. The summed E-state index contributed by atoms with van der Waals surface area (Å²) in [7, 11) is 0. The number of ether oxygens (including phenoxy) is 1. The van der Waals surface area contributed by atoms with Crippen LogP contribution in [0, 0.1) is 11.8 Å². The minimum Gasteiger partial charge on any atom is -0.486 e. The van der Waals surface area contributed by atoms with Crippen molar-refractivity contribution in [1.29, 1.82) is 0 Å². The molecule has 1 aromatic carbocycles. The van der Waals surface area contributed by atoms with Gasteiger partial charge in [-0.05, 0) is 36.8 Å². The molecule has 1 aliphatic heterocycles. The van der Waals surface area contributed by atoms with Crippen LogP contribution in [0.5, 0.6) is 5.75 Å². The molecule has 2 aliphatic carbocycles. The molecule has 0 saturated heterocycles. The Hall–Kier alpha value is -2.38. The number of para-hydroxylation sites is 1. The van der Waals surface area contributed by atoms with Crippen LogP contribution in [0.15, 0.2) is 35.9 Å². The second kappa shape index (κ2) is 10.9. The smallest absolute Gasteiger partial charge is 0.247 e. The average Bonchev–Trinajstić information content (AvgIpc) is 3.22. The Labute approximate surface area is 202 Å². The molecule has 4 atom stereocenters. The van der Waals surface area contributed by atoms with E-state index >= 15 is 0 Å². The van der Waals surface area contributed by atoms with Crippen LogP contribution in [0.2, 0.25) is 0 Å². The molecule has 0 spiro atoms. The lowest BCUT2D eigenvalue weighted by Crippen LogP contribution is -2.56. The lowest BCUT2D eigenvalue weighted by atomic mass is 9.77. The summed E-state index contributed by atoms with van der Waals surface area (Å²) in [6, 6.07) is 6.90. The minimum atomic E-state index is -0.952. The summed E-state index contributed by atoms with van der Waals surface area (Å²) >= 11 is 0. The van der Waals surface area contributed by atoms with Crippen LogP contribution in [0.4, 0.5) is 0 Å². The van der Waals surface area contributed by atoms with Crippen molar-refractivity contribution in [3.63, 3.8) is 0 Å². The Kier molecular flexibility index (Phi) is 7.94. The fourth-order valence-electron chi connectivity index (χ4n) is 5.70. The number of fused-ring (bicyclic) bond motifs is 3. The number of aliphatic hydroxyl groups is 2. The number of hydrogen-bond acceptors (Lipinski definition) is 5. The molecule has 1 fully saturated rings. The van der Waals surface area contributed by atoms with Gasteiger partial charge in [-0.1, -0.05) is 51.3 Å². The Morgan fingerprint density at radius 1 is 1.18 bits per heavy atom. The molecule has 1 aromatic rings. The zero-order valence-corrected chi connectivity index (χ0v) is 20.3. The number of hydrogen-bond donors (Lipinski definition) is 3. The highest BCUT2D eigenvalue weighted by Crippen LogP contribution is 2.47. The van der Waals surface area contributed by atoms with Crippen LogP contribution < -0.4 is 10.1 Å². The van der Waals surface area contributed by atoms with E-state index in [2.05, 4.69) is 5.32 Å². The van der Waals surface area contributed by atoms with Gasteiger partial charge < -0.3 is 25.2 Å². The second-order valence-electron chi connectivity index (χ2n) is 10.3. The third kappa shape index (κ3) is 5.15. The number of rotatable bonds is 8. The van der Waals surface area contributed by atoms with Crippen molar-refractivity contribution >= 4 is 11.8 Å². The van der Waals surface area contributed by atoms with Gasteiger partial charge in [-0.25, -0.2) is 0 Å². The molecule has 3 N–H and O–H groups in total. The van der Waals surface area contributed by atoms with Crippen molar-refractivity contribution in [3.8, 4) is 5.75 Å². The first-order chi connectivity index (χ1) is 16.4. The standard InChI is InChI=1S/C27H38N2O5/c1-17(2)14-23(31)29(16-18-8-4-3-5-9-18)21-15-20(27(33)28-12-13-30)24-19-10-6-7-11-22(19)34-26(24)25(21)32/h6-7,10-11,15,17-18,21,24-26,30,32H,3-5,8-9,12-14,16H2,1-2H3,(H,28,33)/t21-,24+,25+,26+/m1/s1. The zero-order valence-electron chi connectivity index (χ0n) is 20.3. The van der Waals surface area contributed by atoms with Crippen LogP contribution in [-0.2, 0) is 9.59 Å². The SMILES string of the molecule is CC(C)CC(=O)N(CC1CCCCC1)[C@@H]1C=C(C(=O)NCCO)[C@@H]2c3ccccc3O[C@@H]2[C@H]1O. The summed E-state index contributed by atoms with van der Waals surface area (Å²) < 4.78 is 6.18. The molecule has 0 unspecified atom stereocenters. The molecule has 34 heavy (non-hydrogen) atoms. The van der Waals surface area contributed by atoms with Crippen molar-refractivity contribution in [2.45, 2.75) is 76.5 Å². The number of carbonyl (C=O) groups excluding carboxylic acids is 2. The molecule has 2 amide bonds. The molecule has 3 aliphatic rings. The Bertz CT molecular complexity index is 908. The highest BCUT2D eigenvalue weighted by molar-refractivity contribution is 5.96. The number of amides is 2. The van der Waals surface area contributed by atoms with Crippen molar-refractivity contribution in [2.75, 3.05) is 19.7 Å². The molecule has 7 heteroatoms. The van der Waals surface area contributed by atoms with Gasteiger partial charge in [-0.3, -0.25) is 9.59 Å². The number of aliphatic hydroxyl groups excluding tert-OH is 2. The molecule has 0 aromatic heterocycles. The average molecular weight is 471 g/mol. The summed E-state index contributed by atoms with van der Waals surface area (Å²) in [6.07, 6.45) is 6.29. The Morgan fingerprint density at radius 3 is 2.62 bits per heavy atom. The van der Waals surface area contributed by atoms with Crippen LogP contribution in [-0.4, -0.2) is 64.9 Å². The van der Waals surface area contributed by atoms with E-state index in [1.807, 2.05) is 43.0 Å².